The van der Waals surface area contributed by atoms with E-state index in [0.29, 0.717) is 17.8 Å². The molecule has 6 heteroatoms. The zero-order valence-corrected chi connectivity index (χ0v) is 12.2. The first-order chi connectivity index (χ1) is 10.6. The van der Waals surface area contributed by atoms with Gasteiger partial charge in [0, 0.05) is 24.4 Å². The van der Waals surface area contributed by atoms with Crippen molar-refractivity contribution >= 4 is 17.5 Å². The van der Waals surface area contributed by atoms with Crippen LogP contribution in [0.15, 0.2) is 47.1 Å². The van der Waals surface area contributed by atoms with Gasteiger partial charge in [-0.15, -0.1) is 0 Å². The van der Waals surface area contributed by atoms with E-state index in [2.05, 4.69) is 10.6 Å². The summed E-state index contributed by atoms with van der Waals surface area (Å²) in [6, 6.07) is 9.79. The lowest BCUT2D eigenvalue weighted by molar-refractivity contribution is 0.0940. The third kappa shape index (κ3) is 4.20. The van der Waals surface area contributed by atoms with Crippen LogP contribution in [-0.2, 0) is 0 Å². The standard InChI is InChI=1S/C16H18N2O4/c1-11(10-19)9-17-15(20)12-4-2-5-13(8-12)18-16(21)14-6-3-7-22-14/h2-8,11,19H,9-10H2,1H3,(H,17,20)(H,18,21). The van der Waals surface area contributed by atoms with Gasteiger partial charge in [-0.25, -0.2) is 0 Å². The van der Waals surface area contributed by atoms with E-state index < -0.39 is 0 Å². The molecule has 3 N–H and O–H groups in total. The molecule has 1 aromatic carbocycles. The van der Waals surface area contributed by atoms with E-state index in [4.69, 9.17) is 9.52 Å². The number of hydrogen-bond donors (Lipinski definition) is 3. The zero-order chi connectivity index (χ0) is 15.9. The molecule has 0 radical (unpaired) electrons. The van der Waals surface area contributed by atoms with Crippen LogP contribution in [0.1, 0.15) is 27.8 Å². The Morgan fingerprint density at radius 3 is 2.73 bits per heavy atom. The average Bonchev–Trinajstić information content (AvgIpc) is 3.07. The molecule has 1 atom stereocenters. The second-order valence-corrected chi connectivity index (χ2v) is 5.01. The Morgan fingerprint density at radius 2 is 2.05 bits per heavy atom. The lowest BCUT2D eigenvalue weighted by Crippen LogP contribution is -2.29. The molecule has 1 heterocycles. The molecule has 6 nitrogen and oxygen atoms in total. The number of aliphatic hydroxyl groups excluding tert-OH is 1. The maximum Gasteiger partial charge on any atom is 0.291 e. The van der Waals surface area contributed by atoms with Crippen LogP contribution in [0.3, 0.4) is 0 Å². The molecule has 1 aromatic heterocycles. The molecule has 0 bridgehead atoms. The predicted octanol–water partition coefficient (Wildman–Crippen LogP) is 1.89. The minimum Gasteiger partial charge on any atom is -0.459 e. The van der Waals surface area contributed by atoms with Gasteiger partial charge in [0.25, 0.3) is 11.8 Å². The molecular formula is C16H18N2O4. The van der Waals surface area contributed by atoms with E-state index in [1.54, 1.807) is 36.4 Å². The highest BCUT2D eigenvalue weighted by atomic mass is 16.3. The van der Waals surface area contributed by atoms with Gasteiger partial charge < -0.3 is 20.2 Å². The maximum atomic E-state index is 12.0. The largest absolute Gasteiger partial charge is 0.459 e. The first kappa shape index (κ1) is 15.8. The van der Waals surface area contributed by atoms with Gasteiger partial charge in [0.05, 0.1) is 6.26 Å². The Bertz CT molecular complexity index is 637. The number of hydrogen-bond acceptors (Lipinski definition) is 4. The topological polar surface area (TPSA) is 91.6 Å². The maximum absolute atomic E-state index is 12.0. The average molecular weight is 302 g/mol. The molecule has 0 spiro atoms. The third-order valence-corrected chi connectivity index (χ3v) is 3.05. The SMILES string of the molecule is CC(CO)CNC(=O)c1cccc(NC(=O)c2ccco2)c1. The van der Waals surface area contributed by atoms with Gasteiger partial charge in [0.2, 0.25) is 0 Å². The summed E-state index contributed by atoms with van der Waals surface area (Å²) in [4.78, 5) is 23.9. The van der Waals surface area contributed by atoms with Crippen molar-refractivity contribution in [1.29, 1.82) is 0 Å². The second-order valence-electron chi connectivity index (χ2n) is 5.01. The predicted molar refractivity (Wildman–Crippen MR) is 81.7 cm³/mol. The van der Waals surface area contributed by atoms with Crippen LogP contribution in [0.25, 0.3) is 0 Å². The van der Waals surface area contributed by atoms with Crippen LogP contribution >= 0.6 is 0 Å². The number of nitrogens with one attached hydrogen (secondary N) is 2. The summed E-state index contributed by atoms with van der Waals surface area (Å²) in [5.41, 5.74) is 0.937. The van der Waals surface area contributed by atoms with Crippen molar-refractivity contribution in [3.05, 3.63) is 54.0 Å². The third-order valence-electron chi connectivity index (χ3n) is 3.05. The fourth-order valence-corrected chi connectivity index (χ4v) is 1.77. The van der Waals surface area contributed by atoms with Gasteiger partial charge in [-0.3, -0.25) is 9.59 Å². The number of furan rings is 1. The lowest BCUT2D eigenvalue weighted by atomic mass is 10.1. The molecule has 0 aliphatic rings. The molecule has 2 amide bonds. The summed E-state index contributed by atoms with van der Waals surface area (Å²) < 4.78 is 5.01. The van der Waals surface area contributed by atoms with Crippen molar-refractivity contribution in [3.8, 4) is 0 Å². The molecule has 0 fully saturated rings. The first-order valence-corrected chi connectivity index (χ1v) is 6.94. The number of carbonyl (C=O) groups excluding carboxylic acids is 2. The fraction of sp³-hybridized carbons (Fsp3) is 0.250. The van der Waals surface area contributed by atoms with Crippen molar-refractivity contribution < 1.29 is 19.1 Å². The van der Waals surface area contributed by atoms with E-state index in [-0.39, 0.29) is 30.1 Å². The van der Waals surface area contributed by atoms with Gasteiger partial charge in [-0.05, 0) is 36.2 Å². The summed E-state index contributed by atoms with van der Waals surface area (Å²) in [6.07, 6.45) is 1.42. The highest BCUT2D eigenvalue weighted by Gasteiger charge is 2.11. The smallest absolute Gasteiger partial charge is 0.291 e. The Balaban J connectivity index is 2.00. The molecular weight excluding hydrogens is 284 g/mol. The van der Waals surface area contributed by atoms with Crippen LogP contribution in [0.2, 0.25) is 0 Å². The second kappa shape index (κ2) is 7.42. The zero-order valence-electron chi connectivity index (χ0n) is 12.2. The summed E-state index contributed by atoms with van der Waals surface area (Å²) >= 11 is 0. The Kier molecular flexibility index (Phi) is 5.32. The van der Waals surface area contributed by atoms with Gasteiger partial charge in [-0.2, -0.15) is 0 Å². The number of anilines is 1. The first-order valence-electron chi connectivity index (χ1n) is 6.94. The Labute approximate surface area is 128 Å². The molecule has 1 unspecified atom stereocenters. The highest BCUT2D eigenvalue weighted by molar-refractivity contribution is 6.03. The van der Waals surface area contributed by atoms with Crippen molar-refractivity contribution in [2.75, 3.05) is 18.5 Å². The number of carbonyl (C=O) groups is 2. The van der Waals surface area contributed by atoms with Crippen molar-refractivity contribution in [3.63, 3.8) is 0 Å². The molecule has 116 valence electrons. The van der Waals surface area contributed by atoms with Crippen LogP contribution in [0.4, 0.5) is 5.69 Å². The van der Waals surface area contributed by atoms with Crippen molar-refractivity contribution in [2.45, 2.75) is 6.92 Å². The van der Waals surface area contributed by atoms with Gasteiger partial charge in [0.15, 0.2) is 5.76 Å². The summed E-state index contributed by atoms with van der Waals surface area (Å²) in [5, 5.41) is 14.3. The van der Waals surface area contributed by atoms with Crippen LogP contribution in [-0.4, -0.2) is 30.1 Å². The van der Waals surface area contributed by atoms with E-state index in [0.717, 1.165) is 0 Å². The molecule has 0 aliphatic carbocycles. The quantitative estimate of drug-likeness (QED) is 0.760. The Hall–Kier alpha value is -2.60. The van der Waals surface area contributed by atoms with Crippen molar-refractivity contribution in [1.82, 2.24) is 5.32 Å². The molecule has 0 saturated carbocycles. The highest BCUT2D eigenvalue weighted by Crippen LogP contribution is 2.13. The lowest BCUT2D eigenvalue weighted by Gasteiger charge is -2.10. The summed E-state index contributed by atoms with van der Waals surface area (Å²) in [7, 11) is 0. The van der Waals surface area contributed by atoms with Crippen LogP contribution in [0.5, 0.6) is 0 Å². The number of amides is 2. The molecule has 0 aliphatic heterocycles. The summed E-state index contributed by atoms with van der Waals surface area (Å²) in [5.74, 6) is -0.441. The fourth-order valence-electron chi connectivity index (χ4n) is 1.77. The van der Waals surface area contributed by atoms with E-state index in [9.17, 15) is 9.59 Å². The van der Waals surface area contributed by atoms with Crippen LogP contribution in [0, 0.1) is 5.92 Å². The monoisotopic (exact) mass is 302 g/mol. The molecule has 2 aromatic rings. The number of rotatable bonds is 6. The molecule has 0 saturated heterocycles. The summed E-state index contributed by atoms with van der Waals surface area (Å²) in [6.45, 7) is 2.23. The molecule has 2 rings (SSSR count). The van der Waals surface area contributed by atoms with Crippen molar-refractivity contribution in [2.24, 2.45) is 5.92 Å². The number of aliphatic hydroxyl groups is 1. The van der Waals surface area contributed by atoms with Gasteiger partial charge in [-0.1, -0.05) is 13.0 Å². The van der Waals surface area contributed by atoms with Gasteiger partial charge >= 0.3 is 0 Å². The number of benzene rings is 1. The minimum absolute atomic E-state index is 0.00853. The normalized spacial score (nSPS) is 11.7. The Morgan fingerprint density at radius 1 is 1.23 bits per heavy atom. The van der Waals surface area contributed by atoms with E-state index in [1.807, 2.05) is 6.92 Å². The van der Waals surface area contributed by atoms with Gasteiger partial charge in [0.1, 0.15) is 0 Å². The van der Waals surface area contributed by atoms with E-state index in [1.165, 1.54) is 6.26 Å². The van der Waals surface area contributed by atoms with Crippen LogP contribution < -0.4 is 10.6 Å². The molecule has 22 heavy (non-hydrogen) atoms. The van der Waals surface area contributed by atoms with E-state index >= 15 is 0 Å². The minimum atomic E-state index is -0.378.